The molecular weight excluding hydrogens is 358 g/mol. The van der Waals surface area contributed by atoms with Crippen molar-refractivity contribution in [3.05, 3.63) is 59.7 Å². The summed E-state index contributed by atoms with van der Waals surface area (Å²) >= 11 is 0. The lowest BCUT2D eigenvalue weighted by Crippen LogP contribution is -2.42. The highest BCUT2D eigenvalue weighted by atomic mass is 16.5. The number of methoxy groups -OCH3 is 3. The van der Waals surface area contributed by atoms with Crippen molar-refractivity contribution in [2.75, 3.05) is 21.3 Å². The summed E-state index contributed by atoms with van der Waals surface area (Å²) < 4.78 is 15.4. The van der Waals surface area contributed by atoms with E-state index in [2.05, 4.69) is 0 Å². The van der Waals surface area contributed by atoms with Gasteiger partial charge in [-0.05, 0) is 48.2 Å². The third-order valence-electron chi connectivity index (χ3n) is 5.15. The number of nitrogens with zero attached hydrogens (tertiary/aromatic N) is 1. The maximum Gasteiger partial charge on any atom is 0.328 e. The largest absolute Gasteiger partial charge is 0.497 e. The van der Waals surface area contributed by atoms with Crippen molar-refractivity contribution < 1.29 is 23.8 Å². The lowest BCUT2D eigenvalue weighted by Gasteiger charge is -2.32. The van der Waals surface area contributed by atoms with Crippen molar-refractivity contribution in [1.29, 1.82) is 0 Å². The van der Waals surface area contributed by atoms with E-state index in [0.717, 1.165) is 22.6 Å². The van der Waals surface area contributed by atoms with Crippen LogP contribution in [0.3, 0.4) is 0 Å². The van der Waals surface area contributed by atoms with Gasteiger partial charge in [-0.1, -0.05) is 24.3 Å². The van der Waals surface area contributed by atoms with E-state index >= 15 is 0 Å². The highest BCUT2D eigenvalue weighted by molar-refractivity contribution is 5.88. The van der Waals surface area contributed by atoms with Gasteiger partial charge in [0.25, 0.3) is 0 Å². The number of hydrogen-bond acceptors (Lipinski definition) is 5. The van der Waals surface area contributed by atoms with Crippen LogP contribution in [0, 0.1) is 0 Å². The fourth-order valence-electron chi connectivity index (χ4n) is 3.65. The topological polar surface area (TPSA) is 65.1 Å². The standard InChI is InChI=1S/C22H25NO5/c1-26-17-8-4-15(5-9-17)14-20(16-6-10-18(27-2)11-7-16)23-19(22(25)28-3)12-13-21(23)24/h4-11,19-20H,12-14H2,1-3H3. The van der Waals surface area contributed by atoms with E-state index in [1.165, 1.54) is 7.11 Å². The van der Waals surface area contributed by atoms with Gasteiger partial charge in [0.15, 0.2) is 0 Å². The molecule has 6 nitrogen and oxygen atoms in total. The van der Waals surface area contributed by atoms with Crippen LogP contribution < -0.4 is 9.47 Å². The Labute approximate surface area is 165 Å². The minimum atomic E-state index is -0.567. The quantitative estimate of drug-likeness (QED) is 0.687. The zero-order valence-corrected chi connectivity index (χ0v) is 16.4. The first-order valence-electron chi connectivity index (χ1n) is 9.23. The molecule has 2 atom stereocenters. The first kappa shape index (κ1) is 19.7. The molecule has 1 aliphatic rings. The van der Waals surface area contributed by atoms with Crippen LogP contribution in [0.1, 0.15) is 30.0 Å². The van der Waals surface area contributed by atoms with Gasteiger partial charge < -0.3 is 19.1 Å². The van der Waals surface area contributed by atoms with Crippen molar-refractivity contribution in [3.63, 3.8) is 0 Å². The molecule has 148 valence electrons. The molecule has 6 heteroatoms. The fraction of sp³-hybridized carbons (Fsp3) is 0.364. The summed E-state index contributed by atoms with van der Waals surface area (Å²) in [4.78, 5) is 26.7. The number of hydrogen-bond donors (Lipinski definition) is 0. The summed E-state index contributed by atoms with van der Waals surface area (Å²) in [7, 11) is 4.59. The van der Waals surface area contributed by atoms with Gasteiger partial charge in [0.2, 0.25) is 5.91 Å². The molecule has 0 aromatic heterocycles. The minimum absolute atomic E-state index is 0.0373. The summed E-state index contributed by atoms with van der Waals surface area (Å²) in [6.07, 6.45) is 1.39. The highest BCUT2D eigenvalue weighted by Crippen LogP contribution is 2.34. The van der Waals surface area contributed by atoms with Gasteiger partial charge >= 0.3 is 5.97 Å². The smallest absolute Gasteiger partial charge is 0.328 e. The van der Waals surface area contributed by atoms with Gasteiger partial charge in [-0.3, -0.25) is 4.79 Å². The van der Waals surface area contributed by atoms with E-state index in [4.69, 9.17) is 14.2 Å². The second-order valence-electron chi connectivity index (χ2n) is 6.72. The highest BCUT2D eigenvalue weighted by Gasteiger charge is 2.41. The van der Waals surface area contributed by atoms with E-state index in [0.29, 0.717) is 19.3 Å². The number of likely N-dealkylation sites (tertiary alicyclic amines) is 1. The summed E-state index contributed by atoms with van der Waals surface area (Å²) in [5, 5.41) is 0. The fourth-order valence-corrected chi connectivity index (χ4v) is 3.65. The van der Waals surface area contributed by atoms with E-state index < -0.39 is 6.04 Å². The summed E-state index contributed by atoms with van der Waals surface area (Å²) in [5.41, 5.74) is 1.99. The normalized spacial score (nSPS) is 17.3. The lowest BCUT2D eigenvalue weighted by atomic mass is 9.96. The Hall–Kier alpha value is -3.02. The second kappa shape index (κ2) is 8.78. The van der Waals surface area contributed by atoms with Crippen molar-refractivity contribution in [2.24, 2.45) is 0 Å². The molecule has 0 saturated carbocycles. The molecule has 28 heavy (non-hydrogen) atoms. The third-order valence-corrected chi connectivity index (χ3v) is 5.15. The van der Waals surface area contributed by atoms with E-state index in [9.17, 15) is 9.59 Å². The van der Waals surface area contributed by atoms with E-state index in [-0.39, 0.29) is 17.9 Å². The SMILES string of the molecule is COC(=O)C1CCC(=O)N1C(Cc1ccc(OC)cc1)c1ccc(OC)cc1. The Morgan fingerprint density at radius 3 is 2.11 bits per heavy atom. The minimum Gasteiger partial charge on any atom is -0.497 e. The van der Waals surface area contributed by atoms with Crippen molar-refractivity contribution >= 4 is 11.9 Å². The van der Waals surface area contributed by atoms with Gasteiger partial charge in [-0.2, -0.15) is 0 Å². The van der Waals surface area contributed by atoms with Crippen LogP contribution in [0.2, 0.25) is 0 Å². The lowest BCUT2D eigenvalue weighted by molar-refractivity contribution is -0.150. The van der Waals surface area contributed by atoms with Gasteiger partial charge in [0.1, 0.15) is 17.5 Å². The van der Waals surface area contributed by atoms with Crippen LogP contribution in [-0.2, 0) is 20.7 Å². The summed E-state index contributed by atoms with van der Waals surface area (Å²) in [6.45, 7) is 0. The molecule has 1 amide bonds. The van der Waals surface area contributed by atoms with Gasteiger partial charge in [-0.25, -0.2) is 4.79 Å². The number of rotatable bonds is 7. The Bertz CT molecular complexity index is 816. The predicted molar refractivity (Wildman–Crippen MR) is 104 cm³/mol. The van der Waals surface area contributed by atoms with Crippen molar-refractivity contribution in [2.45, 2.75) is 31.3 Å². The summed E-state index contributed by atoms with van der Waals surface area (Å²) in [6, 6.07) is 14.5. The third kappa shape index (κ3) is 4.11. The average Bonchev–Trinajstić information content (AvgIpc) is 3.13. The molecular formula is C22H25NO5. The molecule has 1 aliphatic heterocycles. The van der Waals surface area contributed by atoms with Crippen molar-refractivity contribution in [3.8, 4) is 11.5 Å². The molecule has 2 aromatic carbocycles. The van der Waals surface area contributed by atoms with Crippen molar-refractivity contribution in [1.82, 2.24) is 4.90 Å². The predicted octanol–water partition coefficient (Wildman–Crippen LogP) is 3.15. The van der Waals surface area contributed by atoms with E-state index in [1.54, 1.807) is 19.1 Å². The molecule has 0 N–H and O–H groups in total. The number of amides is 1. The molecule has 3 rings (SSSR count). The van der Waals surface area contributed by atoms with Gasteiger partial charge in [0, 0.05) is 6.42 Å². The molecule has 1 heterocycles. The Balaban J connectivity index is 1.96. The average molecular weight is 383 g/mol. The van der Waals surface area contributed by atoms with Crippen LogP contribution in [0.15, 0.2) is 48.5 Å². The maximum absolute atomic E-state index is 12.7. The van der Waals surface area contributed by atoms with Crippen LogP contribution >= 0.6 is 0 Å². The van der Waals surface area contributed by atoms with Gasteiger partial charge in [-0.15, -0.1) is 0 Å². The van der Waals surface area contributed by atoms with Gasteiger partial charge in [0.05, 0.1) is 27.4 Å². The summed E-state index contributed by atoms with van der Waals surface area (Å²) in [5.74, 6) is 1.10. The molecule has 2 unspecified atom stereocenters. The first-order chi connectivity index (χ1) is 13.6. The molecule has 0 bridgehead atoms. The number of carbonyl (C=O) groups is 2. The molecule has 0 aliphatic carbocycles. The second-order valence-corrected chi connectivity index (χ2v) is 6.72. The van der Waals surface area contributed by atoms with Crippen LogP contribution in [0.5, 0.6) is 11.5 Å². The van der Waals surface area contributed by atoms with Crippen LogP contribution in [0.25, 0.3) is 0 Å². The number of benzene rings is 2. The number of carbonyl (C=O) groups excluding carboxylic acids is 2. The zero-order valence-electron chi connectivity index (χ0n) is 16.4. The monoisotopic (exact) mass is 383 g/mol. The number of esters is 1. The Morgan fingerprint density at radius 1 is 1.00 bits per heavy atom. The molecule has 2 aromatic rings. The van der Waals surface area contributed by atoms with Crippen LogP contribution in [0.4, 0.5) is 0 Å². The molecule has 0 spiro atoms. The molecule has 0 radical (unpaired) electrons. The van der Waals surface area contributed by atoms with Crippen LogP contribution in [-0.4, -0.2) is 44.1 Å². The Kier molecular flexibility index (Phi) is 6.19. The number of ether oxygens (including phenoxy) is 3. The first-order valence-corrected chi connectivity index (χ1v) is 9.23. The zero-order chi connectivity index (χ0) is 20.1. The van der Waals surface area contributed by atoms with E-state index in [1.807, 2.05) is 48.5 Å². The molecule has 1 saturated heterocycles. The molecule has 1 fully saturated rings. The maximum atomic E-state index is 12.7. The Morgan fingerprint density at radius 2 is 1.57 bits per heavy atom.